The first-order valence-corrected chi connectivity index (χ1v) is 10.2. The number of methoxy groups -OCH3 is 1. The second-order valence-electron chi connectivity index (χ2n) is 6.72. The van der Waals surface area contributed by atoms with Crippen molar-refractivity contribution >= 4 is 10.0 Å². The number of fused-ring (bicyclic) bond motifs is 1. The number of hydrogen-bond donors (Lipinski definition) is 2. The van der Waals surface area contributed by atoms with Gasteiger partial charge in [-0.25, -0.2) is 21.9 Å². The Hall–Kier alpha value is -2.03. The molecule has 0 bridgehead atoms. The first kappa shape index (κ1) is 19.7. The fourth-order valence-electron chi connectivity index (χ4n) is 3.39. The second-order valence-corrected chi connectivity index (χ2v) is 8.53. The Morgan fingerprint density at radius 2 is 2.00 bits per heavy atom. The van der Waals surface area contributed by atoms with Gasteiger partial charge in [0.15, 0.2) is 0 Å². The van der Waals surface area contributed by atoms with Crippen molar-refractivity contribution in [3.63, 3.8) is 0 Å². The van der Waals surface area contributed by atoms with E-state index >= 15 is 0 Å². The van der Waals surface area contributed by atoms with E-state index in [1.165, 1.54) is 0 Å². The third kappa shape index (κ3) is 4.45. The molecule has 0 heterocycles. The van der Waals surface area contributed by atoms with Crippen molar-refractivity contribution in [3.05, 3.63) is 64.7 Å². The van der Waals surface area contributed by atoms with Crippen molar-refractivity contribution in [1.82, 2.24) is 4.72 Å². The molecule has 0 saturated heterocycles. The highest BCUT2D eigenvalue weighted by Gasteiger charge is 2.35. The van der Waals surface area contributed by atoms with Gasteiger partial charge in [0.2, 0.25) is 10.0 Å². The molecule has 0 fully saturated rings. The maximum Gasteiger partial charge on any atom is 0.215 e. The predicted octanol–water partition coefficient (Wildman–Crippen LogP) is 2.62. The Bertz CT molecular complexity index is 949. The molecular formula is C19H21F2NO4S. The average Bonchev–Trinajstić information content (AvgIpc) is 2.63. The van der Waals surface area contributed by atoms with Crippen molar-refractivity contribution in [1.29, 1.82) is 0 Å². The number of aryl methyl sites for hydroxylation is 1. The van der Waals surface area contributed by atoms with Gasteiger partial charge in [0.25, 0.3) is 0 Å². The highest BCUT2D eigenvalue weighted by atomic mass is 32.2. The summed E-state index contributed by atoms with van der Waals surface area (Å²) < 4.78 is 59.2. The van der Waals surface area contributed by atoms with Gasteiger partial charge in [-0.1, -0.05) is 6.07 Å². The SMILES string of the molecule is COc1ccc2c(c1)CCCC2(O)CNS(=O)(=O)Cc1cc(F)ccc1F. The van der Waals surface area contributed by atoms with Crippen molar-refractivity contribution in [2.24, 2.45) is 0 Å². The maximum absolute atomic E-state index is 13.7. The van der Waals surface area contributed by atoms with E-state index in [9.17, 15) is 22.3 Å². The topological polar surface area (TPSA) is 75.6 Å². The van der Waals surface area contributed by atoms with Crippen LogP contribution in [0.25, 0.3) is 0 Å². The minimum absolute atomic E-state index is 0.244. The smallest absolute Gasteiger partial charge is 0.215 e. The summed E-state index contributed by atoms with van der Waals surface area (Å²) in [6, 6.07) is 7.94. The first-order valence-electron chi connectivity index (χ1n) is 8.53. The van der Waals surface area contributed by atoms with Crippen LogP contribution in [0.5, 0.6) is 5.75 Å². The van der Waals surface area contributed by atoms with Crippen LogP contribution in [0.2, 0.25) is 0 Å². The van der Waals surface area contributed by atoms with E-state index < -0.39 is 33.0 Å². The number of sulfonamides is 1. The number of aliphatic hydroxyl groups is 1. The molecule has 0 amide bonds. The van der Waals surface area contributed by atoms with E-state index in [0.717, 1.165) is 30.2 Å². The van der Waals surface area contributed by atoms with Crippen LogP contribution >= 0.6 is 0 Å². The minimum Gasteiger partial charge on any atom is -0.497 e. The highest BCUT2D eigenvalue weighted by molar-refractivity contribution is 7.88. The maximum atomic E-state index is 13.7. The van der Waals surface area contributed by atoms with Gasteiger partial charge >= 0.3 is 0 Å². The molecule has 2 N–H and O–H groups in total. The van der Waals surface area contributed by atoms with Crippen molar-refractivity contribution in [2.75, 3.05) is 13.7 Å². The molecular weight excluding hydrogens is 376 g/mol. The number of rotatable bonds is 6. The lowest BCUT2D eigenvalue weighted by atomic mass is 9.79. The van der Waals surface area contributed by atoms with Crippen molar-refractivity contribution in [3.8, 4) is 5.75 Å². The Morgan fingerprint density at radius 3 is 2.74 bits per heavy atom. The largest absolute Gasteiger partial charge is 0.497 e. The van der Waals surface area contributed by atoms with E-state index in [-0.39, 0.29) is 12.1 Å². The molecule has 3 rings (SSSR count). The van der Waals surface area contributed by atoms with Crippen LogP contribution in [0, 0.1) is 11.6 Å². The molecule has 0 aromatic heterocycles. The highest BCUT2D eigenvalue weighted by Crippen LogP contribution is 2.36. The molecule has 2 aromatic carbocycles. The monoisotopic (exact) mass is 397 g/mol. The summed E-state index contributed by atoms with van der Waals surface area (Å²) in [7, 11) is -2.42. The molecule has 2 aromatic rings. The van der Waals surface area contributed by atoms with Gasteiger partial charge in [-0.15, -0.1) is 0 Å². The molecule has 1 atom stereocenters. The van der Waals surface area contributed by atoms with Crippen LogP contribution in [-0.2, 0) is 27.8 Å². The number of ether oxygens (including phenoxy) is 1. The Morgan fingerprint density at radius 1 is 1.22 bits per heavy atom. The fourth-order valence-corrected chi connectivity index (χ4v) is 4.58. The molecule has 5 nitrogen and oxygen atoms in total. The van der Waals surface area contributed by atoms with Crippen LogP contribution in [0.4, 0.5) is 8.78 Å². The summed E-state index contributed by atoms with van der Waals surface area (Å²) in [5.74, 6) is -1.55. The second kappa shape index (κ2) is 7.53. The Labute approximate surface area is 157 Å². The summed E-state index contributed by atoms with van der Waals surface area (Å²) in [5, 5.41) is 11.0. The van der Waals surface area contributed by atoms with Crippen LogP contribution in [-0.4, -0.2) is 27.2 Å². The normalized spacial score (nSPS) is 19.6. The first-order chi connectivity index (χ1) is 12.7. The lowest BCUT2D eigenvalue weighted by Crippen LogP contribution is -2.43. The summed E-state index contributed by atoms with van der Waals surface area (Å²) in [4.78, 5) is 0. The third-order valence-electron chi connectivity index (χ3n) is 4.79. The number of halogens is 2. The van der Waals surface area contributed by atoms with Gasteiger partial charge < -0.3 is 9.84 Å². The average molecular weight is 397 g/mol. The molecule has 1 aliphatic carbocycles. The van der Waals surface area contributed by atoms with E-state index in [1.54, 1.807) is 19.2 Å². The summed E-state index contributed by atoms with van der Waals surface area (Å²) in [6.45, 7) is -0.244. The van der Waals surface area contributed by atoms with Gasteiger partial charge in [0.1, 0.15) is 23.0 Å². The molecule has 27 heavy (non-hydrogen) atoms. The van der Waals surface area contributed by atoms with Crippen LogP contribution in [0.15, 0.2) is 36.4 Å². The Balaban J connectivity index is 1.77. The molecule has 0 spiro atoms. The van der Waals surface area contributed by atoms with E-state index in [0.29, 0.717) is 24.2 Å². The van der Waals surface area contributed by atoms with E-state index in [1.807, 2.05) is 6.07 Å². The van der Waals surface area contributed by atoms with Crippen LogP contribution in [0.3, 0.4) is 0 Å². The molecule has 0 saturated carbocycles. The molecule has 0 aliphatic heterocycles. The van der Waals surface area contributed by atoms with Gasteiger partial charge in [-0.3, -0.25) is 0 Å². The molecule has 1 aliphatic rings. The van der Waals surface area contributed by atoms with Crippen molar-refractivity contribution < 1.29 is 27.0 Å². The lowest BCUT2D eigenvalue weighted by Gasteiger charge is -2.34. The quantitative estimate of drug-likeness (QED) is 0.786. The molecule has 0 radical (unpaired) electrons. The van der Waals surface area contributed by atoms with Gasteiger partial charge in [0, 0.05) is 12.1 Å². The molecule has 1 unspecified atom stereocenters. The standard InChI is InChI=1S/C19H21F2NO4S/c1-26-16-5-6-17-13(10-16)3-2-8-19(17,23)12-22-27(24,25)11-14-9-15(20)4-7-18(14)21/h4-7,9-10,22-23H,2-3,8,11-12H2,1H3. The van der Waals surface area contributed by atoms with Crippen molar-refractivity contribution in [2.45, 2.75) is 30.6 Å². The van der Waals surface area contributed by atoms with Gasteiger partial charge in [-0.2, -0.15) is 0 Å². The fraction of sp³-hybridized carbons (Fsp3) is 0.368. The minimum atomic E-state index is -3.97. The zero-order valence-corrected chi connectivity index (χ0v) is 15.7. The zero-order chi connectivity index (χ0) is 19.7. The summed E-state index contributed by atoms with van der Waals surface area (Å²) >= 11 is 0. The molecule has 8 heteroatoms. The Kier molecular flexibility index (Phi) is 5.50. The number of hydrogen-bond acceptors (Lipinski definition) is 4. The van der Waals surface area contributed by atoms with E-state index in [2.05, 4.69) is 4.72 Å². The number of nitrogens with one attached hydrogen (secondary N) is 1. The van der Waals surface area contributed by atoms with Gasteiger partial charge in [-0.05, 0) is 60.7 Å². The van der Waals surface area contributed by atoms with Crippen LogP contribution < -0.4 is 9.46 Å². The summed E-state index contributed by atoms with van der Waals surface area (Å²) in [5.41, 5.74) is -0.0798. The third-order valence-corrected chi connectivity index (χ3v) is 6.06. The summed E-state index contributed by atoms with van der Waals surface area (Å²) in [6.07, 6.45) is 1.84. The van der Waals surface area contributed by atoms with E-state index in [4.69, 9.17) is 4.74 Å². The van der Waals surface area contributed by atoms with Gasteiger partial charge in [0.05, 0.1) is 12.9 Å². The lowest BCUT2D eigenvalue weighted by molar-refractivity contribution is 0.0242. The number of benzene rings is 2. The molecule has 146 valence electrons. The van der Waals surface area contributed by atoms with Crippen LogP contribution in [0.1, 0.15) is 29.5 Å². The zero-order valence-electron chi connectivity index (χ0n) is 14.8. The predicted molar refractivity (Wildman–Crippen MR) is 96.8 cm³/mol.